The van der Waals surface area contributed by atoms with E-state index in [1.165, 1.54) is 9.13 Å². The maximum absolute atomic E-state index is 14.0. The number of benzene rings is 2. The summed E-state index contributed by atoms with van der Waals surface area (Å²) >= 11 is 0. The first-order chi connectivity index (χ1) is 17.8. The van der Waals surface area contributed by atoms with E-state index in [2.05, 4.69) is 11.0 Å². The molecule has 2 N–H and O–H groups in total. The fraction of sp³-hybridized carbons (Fsp3) is 0.357. The van der Waals surface area contributed by atoms with Crippen LogP contribution in [0.5, 0.6) is 0 Å². The maximum atomic E-state index is 14.0. The summed E-state index contributed by atoms with van der Waals surface area (Å²) in [5.74, 6) is 0.648. The Morgan fingerprint density at radius 2 is 1.97 bits per heavy atom. The second kappa shape index (κ2) is 9.71. The summed E-state index contributed by atoms with van der Waals surface area (Å²) in [4.78, 5) is 34.4. The third kappa shape index (κ3) is 4.34. The van der Waals surface area contributed by atoms with E-state index >= 15 is 0 Å². The van der Waals surface area contributed by atoms with Crippen molar-refractivity contribution < 1.29 is 0 Å². The fourth-order valence-electron chi connectivity index (χ4n) is 5.15. The van der Waals surface area contributed by atoms with E-state index in [4.69, 9.17) is 10.7 Å². The van der Waals surface area contributed by atoms with Gasteiger partial charge in [-0.3, -0.25) is 13.9 Å². The molecule has 9 nitrogen and oxygen atoms in total. The predicted molar refractivity (Wildman–Crippen MR) is 146 cm³/mol. The topological polar surface area (TPSA) is 115 Å². The highest BCUT2D eigenvalue weighted by Gasteiger charge is 2.26. The number of allylic oxidation sites excluding steroid dienone is 2. The molecule has 0 amide bonds. The van der Waals surface area contributed by atoms with Crippen molar-refractivity contribution in [3.63, 3.8) is 0 Å². The monoisotopic (exact) mass is 497 g/mol. The first-order valence-corrected chi connectivity index (χ1v) is 12.5. The SMILES string of the molecule is CC(C)=CCn1c(N2CCCC(N)C2)nc2c1c(=O)n(Cc1c(C#N)ccc3ccccc13)c(=O)n2C. The van der Waals surface area contributed by atoms with Gasteiger partial charge in [0.1, 0.15) is 0 Å². The van der Waals surface area contributed by atoms with Crippen LogP contribution in [0, 0.1) is 11.3 Å². The van der Waals surface area contributed by atoms with Crippen molar-refractivity contribution in [2.45, 2.75) is 45.8 Å². The van der Waals surface area contributed by atoms with Crippen LogP contribution in [0.15, 0.2) is 57.6 Å². The number of nitrogens with zero attached hydrogens (tertiary/aromatic N) is 6. The minimum Gasteiger partial charge on any atom is -0.341 e. The van der Waals surface area contributed by atoms with Gasteiger partial charge in [0.2, 0.25) is 5.95 Å². The van der Waals surface area contributed by atoms with Crippen LogP contribution in [0.25, 0.3) is 21.9 Å². The molecule has 2 aromatic heterocycles. The molecule has 1 saturated heterocycles. The molecule has 0 bridgehead atoms. The molecule has 9 heteroatoms. The molecule has 0 saturated carbocycles. The van der Waals surface area contributed by atoms with Crippen molar-refractivity contribution in [2.24, 2.45) is 12.8 Å². The van der Waals surface area contributed by atoms with Crippen LogP contribution < -0.4 is 21.9 Å². The van der Waals surface area contributed by atoms with Crippen molar-refractivity contribution >= 4 is 27.9 Å². The van der Waals surface area contributed by atoms with Crippen LogP contribution >= 0.6 is 0 Å². The highest BCUT2D eigenvalue weighted by atomic mass is 16.2. The number of hydrogen-bond donors (Lipinski definition) is 1. The number of nitriles is 1. The average Bonchev–Trinajstić information content (AvgIpc) is 3.28. The molecule has 1 atom stereocenters. The Balaban J connectivity index is 1.75. The lowest BCUT2D eigenvalue weighted by Crippen LogP contribution is -2.44. The molecule has 0 aliphatic carbocycles. The molecule has 3 heterocycles. The van der Waals surface area contributed by atoms with E-state index in [1.807, 2.05) is 54.8 Å². The zero-order valence-corrected chi connectivity index (χ0v) is 21.4. The quantitative estimate of drug-likeness (QED) is 0.424. The standard InChI is InChI=1S/C28H31N7O2/c1-18(2)12-14-34-24-25(31-27(34)33-13-6-8-21(30)16-33)32(3)28(37)35(26(24)36)17-23-20(15-29)11-10-19-7-4-5-9-22(19)23/h4-5,7,9-12,21H,6,8,13-14,16-17,30H2,1-3H3. The number of fused-ring (bicyclic) bond motifs is 2. The van der Waals surface area contributed by atoms with Crippen LogP contribution in [0.2, 0.25) is 0 Å². The molecular formula is C28H31N7O2. The largest absolute Gasteiger partial charge is 0.341 e. The summed E-state index contributed by atoms with van der Waals surface area (Å²) in [5.41, 5.74) is 8.29. The number of aromatic nitrogens is 4. The number of piperidine rings is 1. The van der Waals surface area contributed by atoms with Crippen LogP contribution in [-0.2, 0) is 20.1 Å². The molecule has 190 valence electrons. The predicted octanol–water partition coefficient (Wildman–Crippen LogP) is 2.86. The number of hydrogen-bond acceptors (Lipinski definition) is 6. The van der Waals surface area contributed by atoms with Gasteiger partial charge in [0.15, 0.2) is 11.2 Å². The number of aryl methyl sites for hydroxylation is 1. The smallest absolute Gasteiger partial charge is 0.332 e. The third-order valence-corrected chi connectivity index (χ3v) is 7.11. The molecule has 4 aromatic rings. The molecule has 1 aliphatic heterocycles. The van der Waals surface area contributed by atoms with Gasteiger partial charge < -0.3 is 15.2 Å². The van der Waals surface area contributed by atoms with Crippen LogP contribution in [0.1, 0.15) is 37.8 Å². The Hall–Kier alpha value is -4.16. The molecule has 37 heavy (non-hydrogen) atoms. The van der Waals surface area contributed by atoms with Crippen molar-refractivity contribution in [3.8, 4) is 6.07 Å². The van der Waals surface area contributed by atoms with Crippen molar-refractivity contribution in [2.75, 3.05) is 18.0 Å². The summed E-state index contributed by atoms with van der Waals surface area (Å²) in [6.45, 7) is 5.88. The summed E-state index contributed by atoms with van der Waals surface area (Å²) in [7, 11) is 1.64. The lowest BCUT2D eigenvalue weighted by Gasteiger charge is -2.31. The van der Waals surface area contributed by atoms with E-state index in [1.54, 1.807) is 13.1 Å². The minimum atomic E-state index is -0.469. The lowest BCUT2D eigenvalue weighted by molar-refractivity contribution is 0.495. The molecule has 1 aliphatic rings. The minimum absolute atomic E-state index is 0.0105. The maximum Gasteiger partial charge on any atom is 0.332 e. The van der Waals surface area contributed by atoms with Gasteiger partial charge in [-0.05, 0) is 49.1 Å². The molecule has 1 fully saturated rings. The molecule has 0 radical (unpaired) electrons. The molecular weight excluding hydrogens is 466 g/mol. The van der Waals surface area contributed by atoms with Gasteiger partial charge in [-0.25, -0.2) is 4.79 Å². The van der Waals surface area contributed by atoms with Gasteiger partial charge in [-0.2, -0.15) is 10.2 Å². The zero-order valence-electron chi connectivity index (χ0n) is 21.4. The first kappa shape index (κ1) is 24.5. The number of anilines is 1. The van der Waals surface area contributed by atoms with Gasteiger partial charge in [-0.1, -0.05) is 42.0 Å². The van der Waals surface area contributed by atoms with E-state index in [0.717, 1.165) is 35.7 Å². The second-order valence-electron chi connectivity index (χ2n) is 9.98. The summed E-state index contributed by atoms with van der Waals surface area (Å²) < 4.78 is 4.55. The highest BCUT2D eigenvalue weighted by molar-refractivity contribution is 5.87. The van der Waals surface area contributed by atoms with E-state index in [0.29, 0.717) is 41.3 Å². The Kier molecular flexibility index (Phi) is 6.44. The molecule has 0 spiro atoms. The van der Waals surface area contributed by atoms with E-state index in [9.17, 15) is 14.9 Å². The fourth-order valence-corrected chi connectivity index (χ4v) is 5.15. The van der Waals surface area contributed by atoms with Crippen LogP contribution in [0.3, 0.4) is 0 Å². The van der Waals surface area contributed by atoms with Gasteiger partial charge in [0, 0.05) is 32.7 Å². The second-order valence-corrected chi connectivity index (χ2v) is 9.98. The van der Waals surface area contributed by atoms with Gasteiger partial charge in [-0.15, -0.1) is 0 Å². The Bertz CT molecular complexity index is 1700. The van der Waals surface area contributed by atoms with Gasteiger partial charge >= 0.3 is 5.69 Å². The third-order valence-electron chi connectivity index (χ3n) is 7.11. The molecule has 1 unspecified atom stereocenters. The average molecular weight is 498 g/mol. The number of imidazole rings is 1. The molecule has 2 aromatic carbocycles. The Labute approximate surface area is 214 Å². The van der Waals surface area contributed by atoms with Crippen molar-refractivity contribution in [1.29, 1.82) is 5.26 Å². The normalized spacial score (nSPS) is 15.8. The van der Waals surface area contributed by atoms with Crippen LogP contribution in [-0.4, -0.2) is 37.8 Å². The highest BCUT2D eigenvalue weighted by Crippen LogP contribution is 2.25. The number of nitrogens with two attached hydrogens (primary N) is 1. The summed E-state index contributed by atoms with van der Waals surface area (Å²) in [6, 6.07) is 13.6. The summed E-state index contributed by atoms with van der Waals surface area (Å²) in [6.07, 6.45) is 3.93. The van der Waals surface area contributed by atoms with E-state index < -0.39 is 11.2 Å². The van der Waals surface area contributed by atoms with Crippen LogP contribution in [0.4, 0.5) is 5.95 Å². The van der Waals surface area contributed by atoms with Crippen molar-refractivity contribution in [3.05, 3.63) is 80.0 Å². The zero-order chi connectivity index (χ0) is 26.3. The van der Waals surface area contributed by atoms with Gasteiger partial charge in [0.05, 0.1) is 18.2 Å². The number of rotatable bonds is 5. The van der Waals surface area contributed by atoms with Crippen molar-refractivity contribution in [1.82, 2.24) is 18.7 Å². The van der Waals surface area contributed by atoms with E-state index in [-0.39, 0.29) is 12.6 Å². The first-order valence-electron chi connectivity index (χ1n) is 12.5. The molecule has 5 rings (SSSR count). The summed E-state index contributed by atoms with van der Waals surface area (Å²) in [5, 5.41) is 11.6. The Morgan fingerprint density at radius 3 is 2.70 bits per heavy atom. The Morgan fingerprint density at radius 1 is 1.19 bits per heavy atom. The lowest BCUT2D eigenvalue weighted by atomic mass is 9.99. The van der Waals surface area contributed by atoms with Gasteiger partial charge in [0.25, 0.3) is 5.56 Å².